The number of benzene rings is 1. The zero-order valence-corrected chi connectivity index (χ0v) is 10.2. The fraction of sp³-hybridized carbons (Fsp3) is 0.0833. The second-order valence-electron chi connectivity index (χ2n) is 3.36. The third-order valence-corrected chi connectivity index (χ3v) is 2.64. The van der Waals surface area contributed by atoms with Crippen LogP contribution in [0, 0.1) is 11.6 Å². The van der Waals surface area contributed by atoms with E-state index < -0.39 is 11.6 Å². The van der Waals surface area contributed by atoms with Crippen molar-refractivity contribution in [1.29, 1.82) is 0 Å². The van der Waals surface area contributed by atoms with E-state index in [9.17, 15) is 8.78 Å². The molecule has 5 heteroatoms. The van der Waals surface area contributed by atoms with Crippen molar-refractivity contribution >= 4 is 15.9 Å². The van der Waals surface area contributed by atoms with E-state index >= 15 is 0 Å². The summed E-state index contributed by atoms with van der Waals surface area (Å²) < 4.78 is 31.8. The van der Waals surface area contributed by atoms with Crippen molar-refractivity contribution in [3.63, 3.8) is 0 Å². The van der Waals surface area contributed by atoms with Crippen LogP contribution in [0.2, 0.25) is 0 Å². The summed E-state index contributed by atoms with van der Waals surface area (Å²) in [6.45, 7) is 0.0823. The molecule has 0 atom stereocenters. The molecule has 1 heterocycles. The summed E-state index contributed by atoms with van der Waals surface area (Å²) >= 11 is 3.21. The highest BCUT2D eigenvalue weighted by molar-refractivity contribution is 9.10. The van der Waals surface area contributed by atoms with Crippen molar-refractivity contribution in [1.82, 2.24) is 4.98 Å². The van der Waals surface area contributed by atoms with Gasteiger partial charge in [-0.2, -0.15) is 0 Å². The van der Waals surface area contributed by atoms with Gasteiger partial charge in [-0.15, -0.1) is 0 Å². The van der Waals surface area contributed by atoms with E-state index in [2.05, 4.69) is 20.9 Å². The predicted molar refractivity (Wildman–Crippen MR) is 62.6 cm³/mol. The highest BCUT2D eigenvalue weighted by atomic mass is 79.9. The highest BCUT2D eigenvalue weighted by Gasteiger charge is 2.04. The molecule has 0 aliphatic carbocycles. The Labute approximate surface area is 105 Å². The van der Waals surface area contributed by atoms with Crippen LogP contribution in [-0.2, 0) is 6.61 Å². The molecule has 0 radical (unpaired) electrons. The van der Waals surface area contributed by atoms with Gasteiger partial charge in [-0.25, -0.2) is 13.8 Å². The molecule has 88 valence electrons. The number of ether oxygens (including phenoxy) is 1. The maximum absolute atomic E-state index is 12.9. The van der Waals surface area contributed by atoms with E-state index in [1.165, 1.54) is 12.1 Å². The maximum Gasteiger partial charge on any atom is 0.152 e. The molecule has 0 saturated carbocycles. The molecule has 0 bridgehead atoms. The van der Waals surface area contributed by atoms with Gasteiger partial charge >= 0.3 is 0 Å². The lowest BCUT2D eigenvalue weighted by molar-refractivity contribution is 0.301. The Kier molecular flexibility index (Phi) is 3.68. The van der Waals surface area contributed by atoms with Crippen LogP contribution in [0.25, 0.3) is 0 Å². The molecule has 0 amide bonds. The highest BCUT2D eigenvalue weighted by Crippen LogP contribution is 2.22. The molecule has 1 aromatic carbocycles. The molecule has 2 aromatic rings. The molecule has 2 nitrogen and oxygen atoms in total. The molecule has 0 aliphatic heterocycles. The molecule has 0 spiro atoms. The lowest BCUT2D eigenvalue weighted by Crippen LogP contribution is -1.98. The summed E-state index contributed by atoms with van der Waals surface area (Å²) in [5, 5.41) is 0. The lowest BCUT2D eigenvalue weighted by Gasteiger charge is -2.07. The first-order chi connectivity index (χ1) is 8.15. The number of rotatable bonds is 3. The molecule has 0 N–H and O–H groups in total. The Morgan fingerprint density at radius 1 is 1.18 bits per heavy atom. The minimum Gasteiger partial charge on any atom is -0.486 e. The molecule has 0 saturated heterocycles. The average molecular weight is 300 g/mol. The van der Waals surface area contributed by atoms with Crippen LogP contribution in [0.3, 0.4) is 0 Å². The van der Waals surface area contributed by atoms with E-state index in [0.29, 0.717) is 15.9 Å². The van der Waals surface area contributed by atoms with Crippen LogP contribution >= 0.6 is 15.9 Å². The number of nitrogens with zero attached hydrogens (tertiary/aromatic N) is 1. The smallest absolute Gasteiger partial charge is 0.152 e. The van der Waals surface area contributed by atoms with E-state index in [1.54, 1.807) is 18.3 Å². The van der Waals surface area contributed by atoms with Crippen molar-refractivity contribution in [2.75, 3.05) is 0 Å². The van der Waals surface area contributed by atoms with Crippen LogP contribution in [-0.4, -0.2) is 4.98 Å². The molecular formula is C12H8BrF2NO. The summed E-state index contributed by atoms with van der Waals surface area (Å²) in [6, 6.07) is 6.71. The summed E-state index contributed by atoms with van der Waals surface area (Å²) in [5.74, 6) is -0.708. The number of hydrogen-bond donors (Lipinski definition) is 0. The first-order valence-corrected chi connectivity index (χ1v) is 5.63. The van der Waals surface area contributed by atoms with Gasteiger partial charge in [0.05, 0.1) is 0 Å². The van der Waals surface area contributed by atoms with Gasteiger partial charge < -0.3 is 4.74 Å². The topological polar surface area (TPSA) is 22.1 Å². The van der Waals surface area contributed by atoms with Gasteiger partial charge in [-0.1, -0.05) is 0 Å². The van der Waals surface area contributed by atoms with Crippen molar-refractivity contribution in [3.05, 3.63) is 58.3 Å². The first kappa shape index (κ1) is 12.0. The fourth-order valence-corrected chi connectivity index (χ4v) is 1.70. The summed E-state index contributed by atoms with van der Waals surface area (Å²) in [6.07, 6.45) is 1.61. The average Bonchev–Trinajstić information content (AvgIpc) is 2.27. The van der Waals surface area contributed by atoms with Gasteiger partial charge in [0.1, 0.15) is 22.8 Å². The fourth-order valence-electron chi connectivity index (χ4n) is 1.33. The zero-order valence-electron chi connectivity index (χ0n) is 8.66. The SMILES string of the molecule is Fc1cc(F)cc(COc2cccnc2Br)c1. The van der Waals surface area contributed by atoms with E-state index in [-0.39, 0.29) is 6.61 Å². The number of halogens is 3. The molecule has 0 aliphatic rings. The maximum atomic E-state index is 12.9. The third kappa shape index (κ3) is 3.23. The normalized spacial score (nSPS) is 10.3. The largest absolute Gasteiger partial charge is 0.486 e. The lowest BCUT2D eigenvalue weighted by atomic mass is 10.2. The Morgan fingerprint density at radius 3 is 2.53 bits per heavy atom. The molecule has 17 heavy (non-hydrogen) atoms. The van der Waals surface area contributed by atoms with Gasteiger partial charge in [0, 0.05) is 12.3 Å². The van der Waals surface area contributed by atoms with Crippen molar-refractivity contribution in [2.45, 2.75) is 6.61 Å². The molecule has 0 unspecified atom stereocenters. The predicted octanol–water partition coefficient (Wildman–Crippen LogP) is 3.70. The van der Waals surface area contributed by atoms with Crippen LogP contribution in [0.1, 0.15) is 5.56 Å². The van der Waals surface area contributed by atoms with Crippen LogP contribution in [0.4, 0.5) is 8.78 Å². The molecule has 0 fully saturated rings. The van der Waals surface area contributed by atoms with Gasteiger partial charge in [0.2, 0.25) is 0 Å². The summed E-state index contributed by atoms with van der Waals surface area (Å²) in [5.41, 5.74) is 0.429. The van der Waals surface area contributed by atoms with Gasteiger partial charge in [-0.05, 0) is 45.8 Å². The quantitative estimate of drug-likeness (QED) is 0.806. The van der Waals surface area contributed by atoms with Crippen LogP contribution in [0.5, 0.6) is 5.75 Å². The van der Waals surface area contributed by atoms with Gasteiger partial charge in [0.15, 0.2) is 5.75 Å². The van der Waals surface area contributed by atoms with E-state index in [1.807, 2.05) is 0 Å². The van der Waals surface area contributed by atoms with Gasteiger partial charge in [-0.3, -0.25) is 0 Å². The molecule has 2 rings (SSSR count). The zero-order chi connectivity index (χ0) is 12.3. The van der Waals surface area contributed by atoms with Crippen LogP contribution in [0.15, 0.2) is 41.1 Å². The molecular weight excluding hydrogens is 292 g/mol. The number of hydrogen-bond acceptors (Lipinski definition) is 2. The number of aromatic nitrogens is 1. The monoisotopic (exact) mass is 299 g/mol. The third-order valence-electron chi connectivity index (χ3n) is 2.04. The van der Waals surface area contributed by atoms with Crippen molar-refractivity contribution in [3.8, 4) is 5.75 Å². The standard InChI is InChI=1S/C12H8BrF2NO/c13-12-11(2-1-3-16-12)17-7-8-4-9(14)6-10(15)5-8/h1-6H,7H2. The van der Waals surface area contributed by atoms with E-state index in [0.717, 1.165) is 6.07 Å². The Bertz CT molecular complexity index is 513. The van der Waals surface area contributed by atoms with E-state index in [4.69, 9.17) is 4.74 Å². The minimum absolute atomic E-state index is 0.0823. The second-order valence-corrected chi connectivity index (χ2v) is 4.11. The van der Waals surface area contributed by atoms with Crippen molar-refractivity contribution in [2.24, 2.45) is 0 Å². The number of pyridine rings is 1. The van der Waals surface area contributed by atoms with Gasteiger partial charge in [0.25, 0.3) is 0 Å². The summed E-state index contributed by atoms with van der Waals surface area (Å²) in [4.78, 5) is 3.97. The Morgan fingerprint density at radius 2 is 1.88 bits per heavy atom. The summed E-state index contributed by atoms with van der Waals surface area (Å²) in [7, 11) is 0. The Balaban J connectivity index is 2.10. The first-order valence-electron chi connectivity index (χ1n) is 4.83. The minimum atomic E-state index is -0.617. The van der Waals surface area contributed by atoms with Crippen molar-refractivity contribution < 1.29 is 13.5 Å². The Hall–Kier alpha value is -1.49. The molecule has 1 aromatic heterocycles. The van der Waals surface area contributed by atoms with Crippen LogP contribution < -0.4 is 4.74 Å². The second kappa shape index (κ2) is 5.23.